The first kappa shape index (κ1) is 26.3. The molecule has 196 valence electrons. The zero-order valence-electron chi connectivity index (χ0n) is 20.1. The Bertz CT molecular complexity index is 1250. The predicted molar refractivity (Wildman–Crippen MR) is 127 cm³/mol. The quantitative estimate of drug-likeness (QED) is 0.427. The molecule has 1 atom stereocenters. The van der Waals surface area contributed by atoms with Crippen LogP contribution in [0.3, 0.4) is 0 Å². The fourth-order valence-electron chi connectivity index (χ4n) is 4.28. The number of amides is 2. The molecular weight excluding hydrogens is 492 g/mol. The maximum atomic E-state index is 14.8. The topological polar surface area (TPSA) is 88.3 Å². The average molecular weight is 519 g/mol. The van der Waals surface area contributed by atoms with Crippen molar-refractivity contribution in [3.63, 3.8) is 0 Å². The van der Waals surface area contributed by atoms with Crippen LogP contribution in [0.25, 0.3) is 11.5 Å². The van der Waals surface area contributed by atoms with Gasteiger partial charge >= 0.3 is 6.43 Å². The van der Waals surface area contributed by atoms with Gasteiger partial charge in [0, 0.05) is 30.3 Å². The number of rotatable bonds is 8. The summed E-state index contributed by atoms with van der Waals surface area (Å²) >= 11 is 0. The molecule has 1 N–H and O–H groups in total. The van der Waals surface area contributed by atoms with Crippen molar-refractivity contribution in [2.45, 2.75) is 32.6 Å². The number of halogens is 4. The van der Waals surface area contributed by atoms with Gasteiger partial charge in [0.15, 0.2) is 0 Å². The van der Waals surface area contributed by atoms with Gasteiger partial charge in [-0.25, -0.2) is 8.78 Å². The summed E-state index contributed by atoms with van der Waals surface area (Å²) in [6.45, 7) is 1.48. The van der Waals surface area contributed by atoms with Gasteiger partial charge in [0.2, 0.25) is 17.7 Å². The lowest BCUT2D eigenvalue weighted by Crippen LogP contribution is -2.48. The molecule has 7 nitrogen and oxygen atoms in total. The maximum absolute atomic E-state index is 14.8. The number of hydrogen-bond donors (Lipinski definition) is 1. The van der Waals surface area contributed by atoms with E-state index >= 15 is 0 Å². The van der Waals surface area contributed by atoms with E-state index in [0.29, 0.717) is 25.9 Å². The molecule has 37 heavy (non-hydrogen) atoms. The molecule has 3 aromatic rings. The third kappa shape index (κ3) is 5.98. The van der Waals surface area contributed by atoms with E-state index < -0.39 is 48.0 Å². The van der Waals surface area contributed by atoms with E-state index in [1.165, 1.54) is 19.1 Å². The summed E-state index contributed by atoms with van der Waals surface area (Å²) < 4.78 is 59.0. The maximum Gasteiger partial charge on any atom is 0.314 e. The molecule has 1 saturated heterocycles. The van der Waals surface area contributed by atoms with Crippen molar-refractivity contribution in [1.29, 1.82) is 0 Å². The Balaban J connectivity index is 1.37. The van der Waals surface area contributed by atoms with Gasteiger partial charge in [-0.15, -0.1) is 10.2 Å². The number of nitrogens with one attached hydrogen (secondary N) is 1. The van der Waals surface area contributed by atoms with E-state index in [2.05, 4.69) is 20.4 Å². The lowest BCUT2D eigenvalue weighted by Gasteiger charge is -2.33. The monoisotopic (exact) mass is 518 g/mol. The highest BCUT2D eigenvalue weighted by atomic mass is 19.3. The Hall–Kier alpha value is -3.76. The number of aromatic nitrogens is 2. The molecule has 0 radical (unpaired) electrons. The summed E-state index contributed by atoms with van der Waals surface area (Å²) in [4.78, 5) is 27.8. The summed E-state index contributed by atoms with van der Waals surface area (Å²) in [6.07, 6.45) is -2.21. The zero-order chi connectivity index (χ0) is 26.6. The Morgan fingerprint density at radius 2 is 1.84 bits per heavy atom. The van der Waals surface area contributed by atoms with E-state index in [-0.39, 0.29) is 23.4 Å². The third-order valence-electron chi connectivity index (χ3n) is 6.57. The average Bonchev–Trinajstić information content (AvgIpc) is 3.41. The highest BCUT2D eigenvalue weighted by molar-refractivity contribution is 5.99. The van der Waals surface area contributed by atoms with Crippen LogP contribution < -0.4 is 10.2 Å². The van der Waals surface area contributed by atoms with Gasteiger partial charge < -0.3 is 9.32 Å². The molecule has 0 aliphatic carbocycles. The second kappa shape index (κ2) is 11.1. The first-order valence-corrected chi connectivity index (χ1v) is 11.8. The van der Waals surface area contributed by atoms with E-state index in [4.69, 9.17) is 4.42 Å². The minimum Gasteiger partial charge on any atom is -0.415 e. The number of alkyl halides is 3. The lowest BCUT2D eigenvalue weighted by atomic mass is 9.83. The second-order valence-electron chi connectivity index (χ2n) is 9.34. The first-order valence-electron chi connectivity index (χ1n) is 11.8. The number of para-hydroxylation sites is 1. The third-order valence-corrected chi connectivity index (χ3v) is 6.57. The smallest absolute Gasteiger partial charge is 0.314 e. The van der Waals surface area contributed by atoms with Gasteiger partial charge in [0.05, 0.1) is 5.41 Å². The number of piperidine rings is 1. The molecular formula is C26H26F4N4O3. The molecule has 2 heterocycles. The fraction of sp³-hybridized carbons (Fsp3) is 0.385. The van der Waals surface area contributed by atoms with Crippen LogP contribution in [0.15, 0.2) is 52.9 Å². The molecule has 1 unspecified atom stereocenters. The molecule has 2 aromatic carbocycles. The van der Waals surface area contributed by atoms with Gasteiger partial charge in [0.1, 0.15) is 12.5 Å². The predicted octanol–water partition coefficient (Wildman–Crippen LogP) is 4.89. The van der Waals surface area contributed by atoms with E-state index in [0.717, 1.165) is 11.8 Å². The van der Waals surface area contributed by atoms with E-state index in [9.17, 15) is 27.2 Å². The normalized spacial score (nSPS) is 16.0. The number of imide groups is 1. The Kier molecular flexibility index (Phi) is 7.89. The number of nitrogens with zero attached hydrogens (tertiary/aromatic N) is 3. The molecule has 0 saturated carbocycles. The molecule has 0 spiro atoms. The number of hydrogen-bond acceptors (Lipinski definition) is 6. The van der Waals surface area contributed by atoms with Gasteiger partial charge in [-0.3, -0.25) is 14.9 Å². The Morgan fingerprint density at radius 1 is 1.14 bits per heavy atom. The lowest BCUT2D eigenvalue weighted by molar-refractivity contribution is -0.139. The minimum absolute atomic E-state index is 0.0104. The van der Waals surface area contributed by atoms with Crippen LogP contribution in [-0.2, 0) is 16.0 Å². The molecule has 1 aromatic heterocycles. The van der Waals surface area contributed by atoms with E-state index in [1.54, 1.807) is 0 Å². The SMILES string of the molecule is CC(CF)(Cc1ccc(-c2nnc(C(F)F)o2)cc1F)C(=O)NC(=O)C1CCN(c2ccccc2)CC1. The first-order chi connectivity index (χ1) is 17.7. The summed E-state index contributed by atoms with van der Waals surface area (Å²) in [5.41, 5.74) is -0.569. The number of carbonyl (C=O) groups is 2. The van der Waals surface area contributed by atoms with Crippen LogP contribution in [0.4, 0.5) is 23.2 Å². The van der Waals surface area contributed by atoms with Gasteiger partial charge in [0.25, 0.3) is 5.89 Å². The molecule has 2 amide bonds. The zero-order valence-corrected chi connectivity index (χ0v) is 20.1. The minimum atomic E-state index is -2.96. The molecule has 1 aliphatic rings. The van der Waals surface area contributed by atoms with Crippen molar-refractivity contribution in [3.05, 3.63) is 65.8 Å². The fourth-order valence-corrected chi connectivity index (χ4v) is 4.28. The van der Waals surface area contributed by atoms with Crippen LogP contribution in [0.5, 0.6) is 0 Å². The highest BCUT2D eigenvalue weighted by Gasteiger charge is 2.37. The van der Waals surface area contributed by atoms with Crippen molar-refractivity contribution < 1.29 is 31.6 Å². The Morgan fingerprint density at radius 3 is 2.43 bits per heavy atom. The molecule has 1 fully saturated rings. The number of benzene rings is 2. The van der Waals surface area contributed by atoms with Crippen molar-refractivity contribution >= 4 is 17.5 Å². The summed E-state index contributed by atoms with van der Waals surface area (Å²) in [5.74, 6) is -3.68. The molecule has 11 heteroatoms. The second-order valence-corrected chi connectivity index (χ2v) is 9.34. The largest absolute Gasteiger partial charge is 0.415 e. The van der Waals surface area contributed by atoms with Crippen LogP contribution >= 0.6 is 0 Å². The van der Waals surface area contributed by atoms with Gasteiger partial charge in [-0.2, -0.15) is 8.78 Å². The summed E-state index contributed by atoms with van der Waals surface area (Å²) in [5, 5.41) is 8.99. The summed E-state index contributed by atoms with van der Waals surface area (Å²) in [6, 6.07) is 13.4. The highest BCUT2D eigenvalue weighted by Crippen LogP contribution is 2.30. The van der Waals surface area contributed by atoms with Crippen LogP contribution in [0.2, 0.25) is 0 Å². The van der Waals surface area contributed by atoms with Crippen LogP contribution in [0, 0.1) is 17.2 Å². The van der Waals surface area contributed by atoms with E-state index in [1.807, 2.05) is 30.3 Å². The molecule has 4 rings (SSSR count). The van der Waals surface area contributed by atoms with Crippen molar-refractivity contribution in [1.82, 2.24) is 15.5 Å². The van der Waals surface area contributed by atoms with Crippen molar-refractivity contribution in [2.24, 2.45) is 11.3 Å². The molecule has 0 bridgehead atoms. The summed E-state index contributed by atoms with van der Waals surface area (Å²) in [7, 11) is 0. The van der Waals surface area contributed by atoms with Gasteiger partial charge in [-0.1, -0.05) is 24.3 Å². The van der Waals surface area contributed by atoms with Crippen molar-refractivity contribution in [3.8, 4) is 11.5 Å². The van der Waals surface area contributed by atoms with Crippen LogP contribution in [-0.4, -0.2) is 41.8 Å². The number of carbonyl (C=O) groups excluding carboxylic acids is 2. The van der Waals surface area contributed by atoms with Gasteiger partial charge in [-0.05, 0) is 56.0 Å². The van der Waals surface area contributed by atoms with Crippen LogP contribution in [0.1, 0.15) is 37.6 Å². The van der Waals surface area contributed by atoms with Crippen molar-refractivity contribution in [2.75, 3.05) is 24.7 Å². The standard InChI is InChI=1S/C26H26F4N4O3/c1-26(15-27,14-18-8-7-17(13-20(18)28)23-32-33-24(37-23)21(29)30)25(36)31-22(35)16-9-11-34(12-10-16)19-5-3-2-4-6-19/h2-8,13,16,21H,9-12,14-15H2,1H3,(H,31,35,36). The molecule has 1 aliphatic heterocycles. The Labute approximate surface area is 210 Å². The number of anilines is 1.